The molecule has 3 aromatic rings. The molecule has 0 radical (unpaired) electrons. The van der Waals surface area contributed by atoms with E-state index in [9.17, 15) is 4.79 Å². The number of hydrogen-bond acceptors (Lipinski definition) is 4. The van der Waals surface area contributed by atoms with Crippen molar-refractivity contribution in [3.8, 4) is 0 Å². The first kappa shape index (κ1) is 17.6. The Balaban J connectivity index is 1.71. The number of amides is 1. The highest BCUT2D eigenvalue weighted by Crippen LogP contribution is 2.26. The second kappa shape index (κ2) is 8.25. The van der Waals surface area contributed by atoms with Crippen LogP contribution < -0.4 is 10.6 Å². The minimum absolute atomic E-state index is 0.226. The molecule has 1 heterocycles. The van der Waals surface area contributed by atoms with Crippen molar-refractivity contribution in [3.63, 3.8) is 0 Å². The zero-order chi connectivity index (χ0) is 18.4. The summed E-state index contributed by atoms with van der Waals surface area (Å²) in [7, 11) is 0. The molecule has 132 valence electrons. The summed E-state index contributed by atoms with van der Waals surface area (Å²) in [5.74, 6) is 0.753. The number of para-hydroxylation sites is 1. The van der Waals surface area contributed by atoms with E-state index < -0.39 is 0 Å². The van der Waals surface area contributed by atoms with Gasteiger partial charge in [-0.1, -0.05) is 62.4 Å². The average Bonchev–Trinajstić information content (AvgIpc) is 2.67. The van der Waals surface area contributed by atoms with Crippen molar-refractivity contribution in [1.29, 1.82) is 0 Å². The third-order valence-electron chi connectivity index (χ3n) is 4.04. The van der Waals surface area contributed by atoms with Crippen LogP contribution in [0, 0.1) is 0 Å². The number of anilines is 2. The van der Waals surface area contributed by atoms with Gasteiger partial charge in [0.05, 0.1) is 0 Å². The number of carbonyl (C=O) groups is 1. The van der Waals surface area contributed by atoms with Gasteiger partial charge in [-0.25, -0.2) is 9.97 Å². The van der Waals surface area contributed by atoms with E-state index in [1.54, 1.807) is 6.07 Å². The summed E-state index contributed by atoms with van der Waals surface area (Å²) >= 11 is 0. The van der Waals surface area contributed by atoms with E-state index in [1.165, 1.54) is 11.9 Å². The van der Waals surface area contributed by atoms with Crippen LogP contribution in [0.5, 0.6) is 0 Å². The zero-order valence-corrected chi connectivity index (χ0v) is 14.9. The standard InChI is InChI=1S/C21H22N4O/c1-15(2)17-10-6-7-11-18(17)25-20-12-19(23-14-24-20)21(26)22-13-16-8-4-3-5-9-16/h3-12,14-15H,13H2,1-2H3,(H,22,26)(H,23,24,25). The van der Waals surface area contributed by atoms with Crippen molar-refractivity contribution in [1.82, 2.24) is 15.3 Å². The molecule has 0 bridgehead atoms. The van der Waals surface area contributed by atoms with E-state index in [0.717, 1.165) is 11.3 Å². The molecule has 0 aliphatic rings. The van der Waals surface area contributed by atoms with Crippen LogP contribution in [-0.4, -0.2) is 15.9 Å². The van der Waals surface area contributed by atoms with Crippen LogP contribution in [0.1, 0.15) is 41.4 Å². The quantitative estimate of drug-likeness (QED) is 0.699. The number of benzene rings is 2. The van der Waals surface area contributed by atoms with Crippen LogP contribution in [0.3, 0.4) is 0 Å². The van der Waals surface area contributed by atoms with E-state index in [4.69, 9.17) is 0 Å². The van der Waals surface area contributed by atoms with Crippen LogP contribution >= 0.6 is 0 Å². The summed E-state index contributed by atoms with van der Waals surface area (Å²) in [4.78, 5) is 20.7. The van der Waals surface area contributed by atoms with Gasteiger partial charge in [0.25, 0.3) is 5.91 Å². The average molecular weight is 346 g/mol. The van der Waals surface area contributed by atoms with Gasteiger partial charge in [-0.05, 0) is 23.1 Å². The lowest BCUT2D eigenvalue weighted by molar-refractivity contribution is 0.0946. The van der Waals surface area contributed by atoms with Crippen molar-refractivity contribution in [3.05, 3.63) is 83.8 Å². The second-order valence-electron chi connectivity index (χ2n) is 6.32. The number of nitrogens with zero attached hydrogens (tertiary/aromatic N) is 2. The molecule has 0 aliphatic carbocycles. The van der Waals surface area contributed by atoms with Crippen LogP contribution in [0.25, 0.3) is 0 Å². The van der Waals surface area contributed by atoms with E-state index in [2.05, 4.69) is 40.5 Å². The molecule has 0 spiro atoms. The molecule has 0 unspecified atom stereocenters. The van der Waals surface area contributed by atoms with Crippen LogP contribution in [0.15, 0.2) is 67.0 Å². The van der Waals surface area contributed by atoms with E-state index in [1.807, 2.05) is 48.5 Å². The van der Waals surface area contributed by atoms with Crippen molar-refractivity contribution in [2.45, 2.75) is 26.3 Å². The van der Waals surface area contributed by atoms with Crippen LogP contribution in [0.4, 0.5) is 11.5 Å². The summed E-state index contributed by atoms with van der Waals surface area (Å²) in [6.07, 6.45) is 1.40. The molecule has 5 heteroatoms. The molecule has 2 aromatic carbocycles. The van der Waals surface area contributed by atoms with E-state index in [0.29, 0.717) is 24.0 Å². The molecular weight excluding hydrogens is 324 g/mol. The monoisotopic (exact) mass is 346 g/mol. The molecule has 1 amide bonds. The van der Waals surface area contributed by atoms with Crippen LogP contribution in [0.2, 0.25) is 0 Å². The summed E-state index contributed by atoms with van der Waals surface area (Å²) < 4.78 is 0. The highest BCUT2D eigenvalue weighted by atomic mass is 16.1. The van der Waals surface area contributed by atoms with E-state index in [-0.39, 0.29) is 5.91 Å². The Morgan fingerprint density at radius 1 is 1.00 bits per heavy atom. The zero-order valence-electron chi connectivity index (χ0n) is 14.9. The smallest absolute Gasteiger partial charge is 0.270 e. The maximum Gasteiger partial charge on any atom is 0.270 e. The van der Waals surface area contributed by atoms with Gasteiger partial charge in [0, 0.05) is 18.3 Å². The third-order valence-corrected chi connectivity index (χ3v) is 4.04. The van der Waals surface area contributed by atoms with Gasteiger partial charge in [-0.3, -0.25) is 4.79 Å². The summed E-state index contributed by atoms with van der Waals surface area (Å²) in [6, 6.07) is 19.5. The van der Waals surface area contributed by atoms with Gasteiger partial charge in [-0.2, -0.15) is 0 Å². The fourth-order valence-corrected chi connectivity index (χ4v) is 2.67. The lowest BCUT2D eigenvalue weighted by Gasteiger charge is -2.14. The van der Waals surface area contributed by atoms with Crippen molar-refractivity contribution in [2.75, 3.05) is 5.32 Å². The van der Waals surface area contributed by atoms with Crippen LogP contribution in [-0.2, 0) is 6.54 Å². The molecule has 0 fully saturated rings. The Hall–Kier alpha value is -3.21. The summed E-state index contributed by atoms with van der Waals surface area (Å²) in [5, 5.41) is 6.17. The topological polar surface area (TPSA) is 66.9 Å². The Morgan fingerprint density at radius 2 is 1.73 bits per heavy atom. The number of rotatable bonds is 6. The largest absolute Gasteiger partial charge is 0.347 e. The fourth-order valence-electron chi connectivity index (χ4n) is 2.67. The SMILES string of the molecule is CC(C)c1ccccc1Nc1cc(C(=O)NCc2ccccc2)ncn1. The summed E-state index contributed by atoms with van der Waals surface area (Å²) in [6.45, 7) is 4.74. The van der Waals surface area contributed by atoms with E-state index >= 15 is 0 Å². The molecule has 26 heavy (non-hydrogen) atoms. The lowest BCUT2D eigenvalue weighted by Crippen LogP contribution is -2.24. The Morgan fingerprint density at radius 3 is 2.50 bits per heavy atom. The molecular formula is C21H22N4O. The van der Waals surface area contributed by atoms with Gasteiger partial charge in [0.2, 0.25) is 0 Å². The van der Waals surface area contributed by atoms with Gasteiger partial charge in [0.1, 0.15) is 17.8 Å². The molecule has 0 saturated heterocycles. The molecule has 1 aromatic heterocycles. The van der Waals surface area contributed by atoms with Gasteiger partial charge < -0.3 is 10.6 Å². The Labute approximate surface area is 153 Å². The normalized spacial score (nSPS) is 10.6. The molecule has 0 saturated carbocycles. The number of aromatic nitrogens is 2. The Bertz CT molecular complexity index is 878. The third kappa shape index (κ3) is 4.45. The predicted octanol–water partition coefficient (Wildman–Crippen LogP) is 4.27. The maximum atomic E-state index is 12.4. The highest BCUT2D eigenvalue weighted by Gasteiger charge is 2.10. The highest BCUT2D eigenvalue weighted by molar-refractivity contribution is 5.92. The molecule has 0 atom stereocenters. The first-order valence-electron chi connectivity index (χ1n) is 8.63. The van der Waals surface area contributed by atoms with Crippen molar-refractivity contribution >= 4 is 17.4 Å². The van der Waals surface area contributed by atoms with Crippen molar-refractivity contribution < 1.29 is 4.79 Å². The Kier molecular flexibility index (Phi) is 5.59. The maximum absolute atomic E-state index is 12.4. The molecule has 0 aliphatic heterocycles. The van der Waals surface area contributed by atoms with Gasteiger partial charge >= 0.3 is 0 Å². The first-order chi connectivity index (χ1) is 12.6. The first-order valence-corrected chi connectivity index (χ1v) is 8.63. The molecule has 2 N–H and O–H groups in total. The lowest BCUT2D eigenvalue weighted by atomic mass is 10.0. The molecule has 5 nitrogen and oxygen atoms in total. The fraction of sp³-hybridized carbons (Fsp3) is 0.190. The predicted molar refractivity (Wildman–Crippen MR) is 103 cm³/mol. The van der Waals surface area contributed by atoms with Crippen molar-refractivity contribution in [2.24, 2.45) is 0 Å². The molecule has 3 rings (SSSR count). The number of nitrogens with one attached hydrogen (secondary N) is 2. The van der Waals surface area contributed by atoms with Gasteiger partial charge in [-0.15, -0.1) is 0 Å². The minimum Gasteiger partial charge on any atom is -0.347 e. The second-order valence-corrected chi connectivity index (χ2v) is 6.32. The van der Waals surface area contributed by atoms with Gasteiger partial charge in [0.15, 0.2) is 0 Å². The number of carbonyl (C=O) groups excluding carboxylic acids is 1. The summed E-state index contributed by atoms with van der Waals surface area (Å²) in [5.41, 5.74) is 3.55. The number of hydrogen-bond donors (Lipinski definition) is 2. The minimum atomic E-state index is -0.226.